The lowest BCUT2D eigenvalue weighted by molar-refractivity contribution is 0.0679. The molecule has 0 bridgehead atoms. The van der Waals surface area contributed by atoms with Gasteiger partial charge in [0.1, 0.15) is 12.4 Å². The SMILES string of the molecule is O=c1[nH]c2ccccc2c(=O)n1Cc1ccc(OC[C@H]2CCCO2)cc1. The van der Waals surface area contributed by atoms with Crippen LogP contribution >= 0.6 is 0 Å². The summed E-state index contributed by atoms with van der Waals surface area (Å²) in [7, 11) is 0. The highest BCUT2D eigenvalue weighted by Gasteiger charge is 2.16. The number of aromatic nitrogens is 2. The van der Waals surface area contributed by atoms with Crippen LogP contribution in [0.3, 0.4) is 0 Å². The van der Waals surface area contributed by atoms with Crippen LogP contribution in [0.25, 0.3) is 10.9 Å². The first-order valence-corrected chi connectivity index (χ1v) is 8.76. The van der Waals surface area contributed by atoms with E-state index in [2.05, 4.69) is 4.98 Å². The molecule has 0 aliphatic carbocycles. The second-order valence-electron chi connectivity index (χ2n) is 6.46. The number of H-pyrrole nitrogens is 1. The van der Waals surface area contributed by atoms with Crippen LogP contribution < -0.4 is 16.0 Å². The van der Waals surface area contributed by atoms with Gasteiger partial charge < -0.3 is 14.5 Å². The zero-order chi connectivity index (χ0) is 17.9. The van der Waals surface area contributed by atoms with Crippen molar-refractivity contribution in [2.45, 2.75) is 25.5 Å². The molecule has 1 aromatic heterocycles. The molecule has 0 saturated carbocycles. The van der Waals surface area contributed by atoms with Gasteiger partial charge in [0, 0.05) is 6.61 Å². The average Bonchev–Trinajstić information content (AvgIpc) is 3.18. The summed E-state index contributed by atoms with van der Waals surface area (Å²) < 4.78 is 12.5. The summed E-state index contributed by atoms with van der Waals surface area (Å²) in [5, 5.41) is 0.503. The molecule has 134 valence electrons. The van der Waals surface area contributed by atoms with E-state index in [1.165, 1.54) is 4.57 Å². The Hall–Kier alpha value is -2.86. The number of fused-ring (bicyclic) bond motifs is 1. The van der Waals surface area contributed by atoms with E-state index >= 15 is 0 Å². The molecule has 6 heteroatoms. The number of aromatic amines is 1. The molecule has 1 N–H and O–H groups in total. The second-order valence-corrected chi connectivity index (χ2v) is 6.46. The van der Waals surface area contributed by atoms with Crippen molar-refractivity contribution in [1.82, 2.24) is 9.55 Å². The van der Waals surface area contributed by atoms with Gasteiger partial charge in [0.05, 0.1) is 23.6 Å². The molecule has 26 heavy (non-hydrogen) atoms. The van der Waals surface area contributed by atoms with Crippen molar-refractivity contribution < 1.29 is 9.47 Å². The van der Waals surface area contributed by atoms with E-state index in [1.807, 2.05) is 24.3 Å². The van der Waals surface area contributed by atoms with Crippen LogP contribution in [0.2, 0.25) is 0 Å². The van der Waals surface area contributed by atoms with E-state index in [0.717, 1.165) is 30.8 Å². The van der Waals surface area contributed by atoms with Gasteiger partial charge >= 0.3 is 5.69 Å². The first kappa shape index (κ1) is 16.6. The first-order chi connectivity index (χ1) is 12.7. The lowest BCUT2D eigenvalue weighted by atomic mass is 10.2. The molecule has 4 rings (SSSR count). The molecule has 1 fully saturated rings. The summed E-state index contributed by atoms with van der Waals surface area (Å²) >= 11 is 0. The molecule has 1 aliphatic rings. The number of benzene rings is 2. The minimum absolute atomic E-state index is 0.171. The van der Waals surface area contributed by atoms with E-state index < -0.39 is 5.69 Å². The van der Waals surface area contributed by atoms with E-state index in [0.29, 0.717) is 17.5 Å². The predicted molar refractivity (Wildman–Crippen MR) is 98.8 cm³/mol. The van der Waals surface area contributed by atoms with Gasteiger partial charge in [-0.25, -0.2) is 4.79 Å². The first-order valence-electron chi connectivity index (χ1n) is 8.76. The fourth-order valence-corrected chi connectivity index (χ4v) is 3.18. The van der Waals surface area contributed by atoms with Crippen molar-refractivity contribution in [3.05, 3.63) is 74.9 Å². The van der Waals surface area contributed by atoms with Gasteiger partial charge in [-0.2, -0.15) is 0 Å². The Balaban J connectivity index is 1.51. The highest BCUT2D eigenvalue weighted by atomic mass is 16.5. The van der Waals surface area contributed by atoms with E-state index in [-0.39, 0.29) is 18.2 Å². The largest absolute Gasteiger partial charge is 0.491 e. The molecular weight excluding hydrogens is 332 g/mol. The molecule has 0 spiro atoms. The highest BCUT2D eigenvalue weighted by Crippen LogP contribution is 2.17. The summed E-state index contributed by atoms with van der Waals surface area (Å²) in [5.41, 5.74) is 0.712. The van der Waals surface area contributed by atoms with Crippen molar-refractivity contribution in [3.63, 3.8) is 0 Å². The Kier molecular flexibility index (Phi) is 4.58. The minimum Gasteiger partial charge on any atom is -0.491 e. The van der Waals surface area contributed by atoms with Crippen LogP contribution in [0, 0.1) is 0 Å². The van der Waals surface area contributed by atoms with Crippen LogP contribution in [0.1, 0.15) is 18.4 Å². The fraction of sp³-hybridized carbons (Fsp3) is 0.300. The van der Waals surface area contributed by atoms with E-state index in [9.17, 15) is 9.59 Å². The third kappa shape index (κ3) is 3.41. The van der Waals surface area contributed by atoms with Crippen LogP contribution in [-0.2, 0) is 11.3 Å². The van der Waals surface area contributed by atoms with Gasteiger partial charge in [-0.3, -0.25) is 9.36 Å². The zero-order valence-corrected chi connectivity index (χ0v) is 14.3. The number of nitrogens with one attached hydrogen (secondary N) is 1. The van der Waals surface area contributed by atoms with Crippen molar-refractivity contribution >= 4 is 10.9 Å². The van der Waals surface area contributed by atoms with Crippen LogP contribution in [-0.4, -0.2) is 28.9 Å². The second kappa shape index (κ2) is 7.17. The standard InChI is InChI=1S/C20H20N2O4/c23-19-17-5-1-2-6-18(17)21-20(24)22(19)12-14-7-9-15(10-8-14)26-13-16-4-3-11-25-16/h1-2,5-10,16H,3-4,11-13H2,(H,21,24)/t16-/m1/s1. The molecule has 6 nitrogen and oxygen atoms in total. The van der Waals surface area contributed by atoms with Crippen LogP contribution in [0.4, 0.5) is 0 Å². The molecule has 1 aliphatic heterocycles. The fourth-order valence-electron chi connectivity index (χ4n) is 3.18. The monoisotopic (exact) mass is 352 g/mol. The Morgan fingerprint density at radius 2 is 1.92 bits per heavy atom. The number of hydrogen-bond donors (Lipinski definition) is 1. The Morgan fingerprint density at radius 1 is 1.12 bits per heavy atom. The van der Waals surface area contributed by atoms with Gasteiger partial charge in [-0.05, 0) is 42.7 Å². The molecule has 3 aromatic rings. The molecular formula is C20H20N2O4. The topological polar surface area (TPSA) is 73.3 Å². The number of hydrogen-bond acceptors (Lipinski definition) is 4. The average molecular weight is 352 g/mol. The highest BCUT2D eigenvalue weighted by molar-refractivity contribution is 5.76. The smallest absolute Gasteiger partial charge is 0.329 e. The zero-order valence-electron chi connectivity index (χ0n) is 14.3. The molecule has 0 radical (unpaired) electrons. The Labute approximate surface area is 150 Å². The van der Waals surface area contributed by atoms with Crippen LogP contribution in [0.15, 0.2) is 58.1 Å². The van der Waals surface area contributed by atoms with Gasteiger partial charge in [0.25, 0.3) is 5.56 Å². The Morgan fingerprint density at radius 3 is 2.69 bits per heavy atom. The van der Waals surface area contributed by atoms with Crippen molar-refractivity contribution in [2.24, 2.45) is 0 Å². The van der Waals surface area contributed by atoms with Crippen molar-refractivity contribution in [2.75, 3.05) is 13.2 Å². The number of nitrogens with zero attached hydrogens (tertiary/aromatic N) is 1. The molecule has 2 heterocycles. The minimum atomic E-state index is -0.410. The lowest BCUT2D eigenvalue weighted by Crippen LogP contribution is -2.35. The molecule has 1 saturated heterocycles. The number of para-hydroxylation sites is 1. The summed E-state index contributed by atoms with van der Waals surface area (Å²) in [5.74, 6) is 0.754. The van der Waals surface area contributed by atoms with Gasteiger partial charge in [0.2, 0.25) is 0 Å². The van der Waals surface area contributed by atoms with Gasteiger partial charge in [-0.15, -0.1) is 0 Å². The third-order valence-corrected chi connectivity index (χ3v) is 4.61. The molecule has 0 unspecified atom stereocenters. The third-order valence-electron chi connectivity index (χ3n) is 4.61. The summed E-state index contributed by atoms with van der Waals surface area (Å²) in [6.45, 7) is 1.57. The number of rotatable bonds is 5. The number of ether oxygens (including phenoxy) is 2. The van der Waals surface area contributed by atoms with Crippen molar-refractivity contribution in [3.8, 4) is 5.75 Å². The quantitative estimate of drug-likeness (QED) is 0.765. The van der Waals surface area contributed by atoms with E-state index in [1.54, 1.807) is 24.3 Å². The maximum Gasteiger partial charge on any atom is 0.329 e. The van der Waals surface area contributed by atoms with Gasteiger partial charge in [-0.1, -0.05) is 24.3 Å². The molecule has 0 amide bonds. The van der Waals surface area contributed by atoms with Gasteiger partial charge in [0.15, 0.2) is 0 Å². The maximum absolute atomic E-state index is 12.6. The summed E-state index contributed by atoms with van der Waals surface area (Å²) in [6.07, 6.45) is 2.29. The summed E-state index contributed by atoms with van der Waals surface area (Å²) in [4.78, 5) is 27.6. The molecule has 1 atom stereocenters. The predicted octanol–water partition coefficient (Wildman–Crippen LogP) is 2.30. The van der Waals surface area contributed by atoms with E-state index in [4.69, 9.17) is 9.47 Å². The summed E-state index contributed by atoms with van der Waals surface area (Å²) in [6, 6.07) is 14.5. The lowest BCUT2D eigenvalue weighted by Gasteiger charge is -2.12. The maximum atomic E-state index is 12.6. The van der Waals surface area contributed by atoms with Crippen LogP contribution in [0.5, 0.6) is 5.75 Å². The molecule has 2 aromatic carbocycles. The Bertz CT molecular complexity index is 1010. The normalized spacial score (nSPS) is 16.8. The van der Waals surface area contributed by atoms with Crippen molar-refractivity contribution in [1.29, 1.82) is 0 Å².